The molecule has 47 heavy (non-hydrogen) atoms. The normalized spacial score (nSPS) is 11.4. The summed E-state index contributed by atoms with van der Waals surface area (Å²) in [5.41, 5.74) is 6.84. The van der Waals surface area contributed by atoms with Crippen LogP contribution in [0, 0.1) is 6.92 Å². The fraction of sp³-hybridized carbons (Fsp3) is 0.128. The molecule has 240 valence electrons. The first-order chi connectivity index (χ1) is 22.6. The Balaban J connectivity index is 1.46. The van der Waals surface area contributed by atoms with Crippen molar-refractivity contribution in [1.29, 1.82) is 0 Å². The van der Waals surface area contributed by atoms with Crippen molar-refractivity contribution in [3.8, 4) is 0 Å². The number of rotatable bonds is 12. The highest BCUT2D eigenvalue weighted by atomic mass is 35.5. The first-order valence-electron chi connectivity index (χ1n) is 15.1. The van der Waals surface area contributed by atoms with Gasteiger partial charge in [0.2, 0.25) is 10.0 Å². The molecule has 0 radical (unpaired) electrons. The van der Waals surface area contributed by atoms with Gasteiger partial charge >= 0.3 is 0 Å². The van der Waals surface area contributed by atoms with E-state index >= 15 is 0 Å². The molecule has 0 aliphatic carbocycles. The fourth-order valence-electron chi connectivity index (χ4n) is 5.24. The van der Waals surface area contributed by atoms with Crippen LogP contribution in [0.15, 0.2) is 138 Å². The van der Waals surface area contributed by atoms with Gasteiger partial charge in [-0.3, -0.25) is 0 Å². The molecule has 3 nitrogen and oxygen atoms in total. The lowest BCUT2D eigenvalue weighted by atomic mass is 9.96. The van der Waals surface area contributed by atoms with E-state index in [1.54, 1.807) is 16.4 Å². The summed E-state index contributed by atoms with van der Waals surface area (Å²) in [7, 11) is -3.79. The average Bonchev–Trinajstić information content (AvgIpc) is 3.06. The van der Waals surface area contributed by atoms with E-state index in [-0.39, 0.29) is 18.0 Å². The summed E-state index contributed by atoms with van der Waals surface area (Å²) >= 11 is 24.7. The summed E-state index contributed by atoms with van der Waals surface area (Å²) in [5, 5.41) is 2.57. The first-order valence-corrected chi connectivity index (χ1v) is 18.1. The third-order valence-corrected chi connectivity index (χ3v) is 10.7. The third-order valence-electron chi connectivity index (χ3n) is 7.73. The largest absolute Gasteiger partial charge is 0.243 e. The lowest BCUT2D eigenvalue weighted by Crippen LogP contribution is -2.32. The van der Waals surface area contributed by atoms with Crippen molar-refractivity contribution in [2.24, 2.45) is 0 Å². The van der Waals surface area contributed by atoms with Crippen LogP contribution in [0.25, 0.3) is 11.1 Å². The molecule has 0 N–H and O–H groups in total. The number of aryl methyl sites for hydroxylation is 1. The van der Waals surface area contributed by atoms with Crippen LogP contribution in [0.2, 0.25) is 20.1 Å². The predicted molar refractivity (Wildman–Crippen MR) is 199 cm³/mol. The average molecular weight is 722 g/mol. The number of sulfonamides is 1. The molecule has 0 fully saturated rings. The fourth-order valence-corrected chi connectivity index (χ4v) is 7.21. The van der Waals surface area contributed by atoms with Gasteiger partial charge in [-0.25, -0.2) is 8.42 Å². The second-order valence-corrected chi connectivity index (χ2v) is 14.7. The van der Waals surface area contributed by atoms with Gasteiger partial charge in [-0.1, -0.05) is 125 Å². The molecule has 5 aromatic carbocycles. The van der Waals surface area contributed by atoms with E-state index < -0.39 is 10.0 Å². The highest BCUT2D eigenvalue weighted by Crippen LogP contribution is 2.29. The van der Waals surface area contributed by atoms with E-state index in [0.717, 1.165) is 39.0 Å². The molecule has 0 atom stereocenters. The van der Waals surface area contributed by atoms with Crippen LogP contribution in [-0.2, 0) is 10.0 Å². The Bertz CT molecular complexity index is 1750. The molecule has 0 aromatic heterocycles. The number of hydrogen-bond donors (Lipinski definition) is 0. The lowest BCUT2D eigenvalue weighted by molar-refractivity contribution is 0.422. The maximum Gasteiger partial charge on any atom is 0.243 e. The summed E-state index contributed by atoms with van der Waals surface area (Å²) in [6, 6.07) is 37.5. The lowest BCUT2D eigenvalue weighted by Gasteiger charge is -2.22. The Labute approximate surface area is 297 Å². The van der Waals surface area contributed by atoms with Gasteiger partial charge in [0.1, 0.15) is 0 Å². The minimum atomic E-state index is -3.79. The number of halogens is 4. The second-order valence-electron chi connectivity index (χ2n) is 11.1. The zero-order chi connectivity index (χ0) is 33.4. The minimum Gasteiger partial charge on any atom is -0.207 e. The molecule has 8 heteroatoms. The van der Waals surface area contributed by atoms with E-state index in [0.29, 0.717) is 32.9 Å². The molecule has 0 aliphatic rings. The van der Waals surface area contributed by atoms with Crippen LogP contribution in [0.4, 0.5) is 0 Å². The smallest absolute Gasteiger partial charge is 0.207 e. The molecular weight excluding hydrogens is 688 g/mol. The van der Waals surface area contributed by atoms with Crippen molar-refractivity contribution in [1.82, 2.24) is 4.31 Å². The van der Waals surface area contributed by atoms with E-state index in [4.69, 9.17) is 46.4 Å². The zero-order valence-electron chi connectivity index (χ0n) is 25.7. The van der Waals surface area contributed by atoms with Gasteiger partial charge in [-0.15, -0.1) is 0 Å². The van der Waals surface area contributed by atoms with Gasteiger partial charge in [0.25, 0.3) is 0 Å². The van der Waals surface area contributed by atoms with Crippen molar-refractivity contribution in [2.45, 2.75) is 24.7 Å². The Morgan fingerprint density at radius 2 is 0.809 bits per heavy atom. The van der Waals surface area contributed by atoms with Crippen LogP contribution >= 0.6 is 46.4 Å². The maximum atomic E-state index is 14.1. The minimum absolute atomic E-state index is 0.266. The monoisotopic (exact) mass is 719 g/mol. The number of nitrogens with zero attached hydrogens (tertiary/aromatic N) is 1. The molecule has 0 unspecified atom stereocenters. The van der Waals surface area contributed by atoms with Crippen LogP contribution in [-0.4, -0.2) is 25.8 Å². The summed E-state index contributed by atoms with van der Waals surface area (Å²) < 4.78 is 29.7. The Hall–Kier alpha value is -3.35. The van der Waals surface area contributed by atoms with Crippen LogP contribution < -0.4 is 0 Å². The van der Waals surface area contributed by atoms with Crippen molar-refractivity contribution in [2.75, 3.05) is 13.1 Å². The van der Waals surface area contributed by atoms with Gasteiger partial charge in [-0.2, -0.15) is 4.31 Å². The molecular formula is C39H33Cl4NO2S. The Morgan fingerprint density at radius 1 is 0.511 bits per heavy atom. The van der Waals surface area contributed by atoms with Crippen LogP contribution in [0.5, 0.6) is 0 Å². The van der Waals surface area contributed by atoms with Crippen LogP contribution in [0.1, 0.15) is 40.7 Å². The van der Waals surface area contributed by atoms with Crippen molar-refractivity contribution in [3.05, 3.63) is 181 Å². The van der Waals surface area contributed by atoms with E-state index in [1.165, 1.54) is 0 Å². The SMILES string of the molecule is Cc1ccc(S(=O)(=O)N(CCC=C(c2ccc(Cl)cc2)c2ccc(Cl)cc2)CCC=C(c2ccc(Cl)cc2)c2ccc(Cl)cc2)cc1. The Kier molecular flexibility index (Phi) is 12.0. The highest BCUT2D eigenvalue weighted by Gasteiger charge is 2.23. The summed E-state index contributed by atoms with van der Waals surface area (Å²) in [6.45, 7) is 2.51. The van der Waals surface area contributed by atoms with Crippen LogP contribution in [0.3, 0.4) is 0 Å². The first kappa shape index (κ1) is 35.0. The van der Waals surface area contributed by atoms with E-state index in [9.17, 15) is 8.42 Å². The molecule has 0 saturated heterocycles. The predicted octanol–water partition coefficient (Wildman–Crippen LogP) is 11.6. The molecule has 0 heterocycles. The summed E-state index contributed by atoms with van der Waals surface area (Å²) in [5.74, 6) is 0. The van der Waals surface area contributed by atoms with Gasteiger partial charge in [0, 0.05) is 33.2 Å². The maximum absolute atomic E-state index is 14.1. The van der Waals surface area contributed by atoms with E-state index in [2.05, 4.69) is 12.2 Å². The van der Waals surface area contributed by atoms with E-state index in [1.807, 2.05) is 116 Å². The van der Waals surface area contributed by atoms with Crippen molar-refractivity contribution in [3.63, 3.8) is 0 Å². The molecule has 0 amide bonds. The second kappa shape index (κ2) is 16.2. The molecule has 0 bridgehead atoms. The molecule has 0 spiro atoms. The molecule has 5 rings (SSSR count). The van der Waals surface area contributed by atoms with Crippen molar-refractivity contribution < 1.29 is 8.42 Å². The summed E-state index contributed by atoms with van der Waals surface area (Å²) in [6.07, 6.45) is 5.12. The molecule has 5 aromatic rings. The number of hydrogen-bond acceptors (Lipinski definition) is 2. The standard InChI is InChI=1S/C39H33Cl4NO2S/c1-28-6-24-37(25-7-28)47(45,46)44(26-2-4-38(29-8-16-33(40)17-9-29)30-10-18-34(41)19-11-30)27-3-5-39(31-12-20-35(42)21-13-31)32-14-22-36(43)23-15-32/h4-25H,2-3,26-27H2,1H3. The van der Waals surface area contributed by atoms with Gasteiger partial charge < -0.3 is 0 Å². The third kappa shape index (κ3) is 9.39. The van der Waals surface area contributed by atoms with Gasteiger partial charge in [-0.05, 0) is 114 Å². The summed E-state index contributed by atoms with van der Waals surface area (Å²) in [4.78, 5) is 0.266. The van der Waals surface area contributed by atoms with Gasteiger partial charge in [0.15, 0.2) is 0 Å². The zero-order valence-corrected chi connectivity index (χ0v) is 29.6. The molecule has 0 saturated carbocycles. The topological polar surface area (TPSA) is 37.4 Å². The molecule has 0 aliphatic heterocycles. The highest BCUT2D eigenvalue weighted by molar-refractivity contribution is 7.89. The van der Waals surface area contributed by atoms with Crippen molar-refractivity contribution >= 4 is 67.6 Å². The quantitative estimate of drug-likeness (QED) is 0.129. The van der Waals surface area contributed by atoms with Gasteiger partial charge in [0.05, 0.1) is 4.90 Å². The number of benzene rings is 5. The Morgan fingerprint density at radius 3 is 1.11 bits per heavy atom.